The summed E-state index contributed by atoms with van der Waals surface area (Å²) in [5, 5.41) is 2.03. The van der Waals surface area contributed by atoms with E-state index in [0.29, 0.717) is 34.9 Å². The van der Waals surface area contributed by atoms with Crippen molar-refractivity contribution in [2.24, 2.45) is 0 Å². The number of hydrogen-bond donors (Lipinski definition) is 0. The lowest BCUT2D eigenvalue weighted by molar-refractivity contribution is 0.568. The van der Waals surface area contributed by atoms with Gasteiger partial charge in [0.2, 0.25) is 0 Å². The molecular formula is C119H100BN9. The molecule has 5 heterocycles. The minimum absolute atomic E-state index is 0.115. The lowest BCUT2D eigenvalue weighted by atomic mass is 9.33. The van der Waals surface area contributed by atoms with Crippen molar-refractivity contribution in [3.8, 4) is 130 Å². The fraction of sp³-hybridized carbons (Fsp3) is 0.143. The van der Waals surface area contributed by atoms with Gasteiger partial charge in [0.15, 0.2) is 34.9 Å². The van der Waals surface area contributed by atoms with E-state index < -0.39 is 0 Å². The van der Waals surface area contributed by atoms with Crippen LogP contribution >= 0.6 is 0 Å². The Kier molecular flexibility index (Phi) is 20.0. The summed E-state index contributed by atoms with van der Waals surface area (Å²) in [5.41, 5.74) is 35.5. The SMILES string of the molecule is Cc1ccc(-n2c3ccc(-c4cc5c6c(c4)N(c4ccc(-c7ccccc7)cc4)c4cc(-c7cc(C(C)(C)C)cc(C(C)(C)C)c7)ccc4B6c4ccc(-c6cc(C(C)(C)C)cc(C(C)(C)C)c6)cc4N5c4ccc(-c5ccccc5)cc4)cc3c3cc(-c4nc(-c5ccccc5)nc(-c5ccccc5)n4)ccc32)c(-c2nc(-c3ccccc3)nc(-c3ccccc3)n2)c1. The Morgan fingerprint density at radius 3 is 0.868 bits per heavy atom. The predicted octanol–water partition coefficient (Wildman–Crippen LogP) is 29.1. The minimum atomic E-state index is -0.228. The van der Waals surface area contributed by atoms with Gasteiger partial charge in [-0.3, -0.25) is 0 Å². The van der Waals surface area contributed by atoms with Gasteiger partial charge in [0.05, 0.1) is 16.7 Å². The molecule has 0 atom stereocenters. The molecule has 0 spiro atoms. The number of aryl methyl sites for hydroxylation is 1. The summed E-state index contributed by atoms with van der Waals surface area (Å²) in [5.74, 6) is 3.45. The van der Waals surface area contributed by atoms with Crippen LogP contribution in [0.5, 0.6) is 0 Å². The third kappa shape index (κ3) is 15.3. The lowest BCUT2D eigenvalue weighted by Gasteiger charge is -2.45. The van der Waals surface area contributed by atoms with Gasteiger partial charge in [-0.2, -0.15) is 0 Å². The summed E-state index contributed by atoms with van der Waals surface area (Å²) in [4.78, 5) is 37.3. The van der Waals surface area contributed by atoms with Crippen molar-refractivity contribution < 1.29 is 0 Å². The molecule has 0 saturated carbocycles. The molecule has 2 aliphatic rings. The first-order valence-electron chi connectivity index (χ1n) is 45.0. The fourth-order valence-electron chi connectivity index (χ4n) is 18.8. The van der Waals surface area contributed by atoms with Gasteiger partial charge in [0, 0.05) is 78.3 Å². The van der Waals surface area contributed by atoms with E-state index in [9.17, 15) is 0 Å². The maximum Gasteiger partial charge on any atom is 0.252 e. The zero-order valence-corrected chi connectivity index (χ0v) is 75.3. The van der Waals surface area contributed by atoms with Crippen molar-refractivity contribution in [1.82, 2.24) is 34.5 Å². The van der Waals surface area contributed by atoms with Crippen LogP contribution < -0.4 is 26.2 Å². The van der Waals surface area contributed by atoms with Crippen LogP contribution in [0.3, 0.4) is 0 Å². The van der Waals surface area contributed by atoms with E-state index in [1.165, 1.54) is 49.8 Å². The number of anilines is 6. The monoisotopic (exact) mass is 1670 g/mol. The summed E-state index contributed by atoms with van der Waals surface area (Å²) in [6.07, 6.45) is 0. The Hall–Kier alpha value is -15.0. The minimum Gasteiger partial charge on any atom is -0.311 e. The molecule has 624 valence electrons. The molecule has 0 amide bonds. The fourth-order valence-corrected chi connectivity index (χ4v) is 18.8. The average Bonchev–Trinajstić information content (AvgIpc) is 1.13. The highest BCUT2D eigenvalue weighted by atomic mass is 15.2. The smallest absolute Gasteiger partial charge is 0.252 e. The molecule has 3 aromatic heterocycles. The van der Waals surface area contributed by atoms with Crippen LogP contribution in [0.4, 0.5) is 34.1 Å². The summed E-state index contributed by atoms with van der Waals surface area (Å²) in [6.45, 7) is 30.0. The second-order valence-corrected chi connectivity index (χ2v) is 38.9. The third-order valence-electron chi connectivity index (χ3n) is 25.9. The zero-order valence-electron chi connectivity index (χ0n) is 75.3. The molecule has 19 aromatic rings. The van der Waals surface area contributed by atoms with E-state index in [2.05, 4.69) is 402 Å². The van der Waals surface area contributed by atoms with Crippen LogP contribution in [0, 0.1) is 6.92 Å². The number of aromatic nitrogens is 7. The van der Waals surface area contributed by atoms with E-state index in [1.807, 2.05) is 72.8 Å². The largest absolute Gasteiger partial charge is 0.311 e. The number of benzene rings is 16. The highest BCUT2D eigenvalue weighted by Crippen LogP contribution is 2.51. The average molecular weight is 1670 g/mol. The number of hydrogen-bond acceptors (Lipinski definition) is 8. The van der Waals surface area contributed by atoms with Crippen molar-refractivity contribution in [1.29, 1.82) is 0 Å². The van der Waals surface area contributed by atoms with Crippen LogP contribution in [0.2, 0.25) is 0 Å². The number of nitrogens with zero attached hydrogens (tertiary/aromatic N) is 9. The molecule has 0 fully saturated rings. The molecule has 10 heteroatoms. The molecule has 0 saturated heterocycles. The van der Waals surface area contributed by atoms with E-state index in [1.54, 1.807) is 0 Å². The summed E-state index contributed by atoms with van der Waals surface area (Å²) < 4.78 is 2.41. The summed E-state index contributed by atoms with van der Waals surface area (Å²) >= 11 is 0. The van der Waals surface area contributed by atoms with Gasteiger partial charge in [0.25, 0.3) is 6.71 Å². The number of rotatable bonds is 14. The molecule has 0 aliphatic carbocycles. The van der Waals surface area contributed by atoms with Crippen molar-refractivity contribution in [3.63, 3.8) is 0 Å². The van der Waals surface area contributed by atoms with Gasteiger partial charge >= 0.3 is 0 Å². The Bertz CT molecular complexity index is 7140. The maximum atomic E-state index is 5.45. The van der Waals surface area contributed by atoms with Gasteiger partial charge in [-0.15, -0.1) is 0 Å². The van der Waals surface area contributed by atoms with Crippen LogP contribution in [-0.4, -0.2) is 41.2 Å². The van der Waals surface area contributed by atoms with Crippen LogP contribution in [0.25, 0.3) is 151 Å². The molecule has 9 nitrogen and oxygen atoms in total. The molecular weight excluding hydrogens is 1570 g/mol. The zero-order chi connectivity index (χ0) is 88.4. The topological polar surface area (TPSA) is 88.8 Å². The van der Waals surface area contributed by atoms with Gasteiger partial charge in [0.1, 0.15) is 0 Å². The first-order valence-corrected chi connectivity index (χ1v) is 45.0. The Morgan fingerprint density at radius 2 is 0.504 bits per heavy atom. The Balaban J connectivity index is 0.858. The van der Waals surface area contributed by atoms with Gasteiger partial charge < -0.3 is 14.4 Å². The highest BCUT2D eigenvalue weighted by molar-refractivity contribution is 7.00. The molecule has 21 rings (SSSR count). The second-order valence-electron chi connectivity index (χ2n) is 38.9. The van der Waals surface area contributed by atoms with Crippen molar-refractivity contribution in [2.45, 2.75) is 112 Å². The van der Waals surface area contributed by atoms with Crippen LogP contribution in [-0.2, 0) is 21.7 Å². The Morgan fingerprint density at radius 1 is 0.217 bits per heavy atom. The summed E-state index contributed by atoms with van der Waals surface area (Å²) in [6, 6.07) is 136. The van der Waals surface area contributed by atoms with Gasteiger partial charge in [-0.05, 0) is 214 Å². The molecule has 16 aromatic carbocycles. The predicted molar refractivity (Wildman–Crippen MR) is 541 cm³/mol. The van der Waals surface area contributed by atoms with E-state index in [4.69, 9.17) is 29.9 Å². The van der Waals surface area contributed by atoms with Crippen molar-refractivity contribution in [2.75, 3.05) is 9.80 Å². The third-order valence-corrected chi connectivity index (χ3v) is 25.9. The van der Waals surface area contributed by atoms with Crippen molar-refractivity contribution in [3.05, 3.63) is 398 Å². The van der Waals surface area contributed by atoms with Crippen molar-refractivity contribution >= 4 is 79.0 Å². The van der Waals surface area contributed by atoms with Crippen LogP contribution in [0.1, 0.15) is 111 Å². The molecule has 0 unspecified atom stereocenters. The molecule has 0 bridgehead atoms. The quantitative estimate of drug-likeness (QED) is 0.0995. The normalized spacial score (nSPS) is 12.6. The molecule has 2 aliphatic heterocycles. The summed E-state index contributed by atoms with van der Waals surface area (Å²) in [7, 11) is 0. The highest BCUT2D eigenvalue weighted by Gasteiger charge is 2.45. The first kappa shape index (κ1) is 81.1. The van der Waals surface area contributed by atoms with E-state index in [-0.39, 0.29) is 28.4 Å². The maximum absolute atomic E-state index is 5.45. The van der Waals surface area contributed by atoms with Crippen LogP contribution in [0.15, 0.2) is 370 Å². The van der Waals surface area contributed by atoms with Gasteiger partial charge in [-0.25, -0.2) is 29.9 Å². The lowest BCUT2D eigenvalue weighted by Crippen LogP contribution is -2.61. The van der Waals surface area contributed by atoms with Gasteiger partial charge in [-0.1, -0.05) is 368 Å². The molecule has 129 heavy (non-hydrogen) atoms. The molecule has 0 radical (unpaired) electrons. The first-order chi connectivity index (χ1) is 62.3. The van der Waals surface area contributed by atoms with E-state index >= 15 is 0 Å². The number of fused-ring (bicyclic) bond motifs is 7. The molecule has 0 N–H and O–H groups in total. The van der Waals surface area contributed by atoms with E-state index in [0.717, 1.165) is 145 Å². The second kappa shape index (κ2) is 31.8. The Labute approximate surface area is 757 Å². The standard InChI is InChI=1S/C119H100BN9/c1-75-44-59-104(99(62-75)115-125-112(82-40-28-18-29-41-82)122-113(126-115)83-42-30-19-31-43-83)129-102-60-51-84(67-97(102)98-68-87(52-61-103(98)129)114-123-110(80-36-24-16-25-37-80)121-111(124-114)81-38-26-17-27-39-81)90-71-107-109-108(72-90)128(96-55-47-79(48-56-96)77-34-22-15-23-35-77)106-70-86(89-65-93(118(8,9)10)74-94(66-89)119(11,12)13)50-58-101(106)120(109)100-57-49-85(88-63-91(116(2,3)4)73-92(64-88)117(5,6)7)69-105(100)127(107)95-53-45-78(46-54-95)76-32-20-14-21-33-76/h14-74H,1-13H3.